The fraction of sp³-hybridized carbons (Fsp3) is 0.105. The molecule has 0 unspecified atom stereocenters. The first-order valence-electron chi connectivity index (χ1n) is 15.1. The third kappa shape index (κ3) is 4.14. The largest absolute Gasteiger partial charge is 0.243 e. The van der Waals surface area contributed by atoms with Crippen LogP contribution in [0.25, 0.3) is 32.5 Å². The molecule has 0 spiro atoms. The zero-order valence-corrected chi connectivity index (χ0v) is 28.2. The molecule has 2 aliphatic heterocycles. The van der Waals surface area contributed by atoms with Crippen molar-refractivity contribution < 1.29 is 0 Å². The summed E-state index contributed by atoms with van der Waals surface area (Å²) in [5.41, 5.74) is 7.52. The Morgan fingerprint density at radius 1 is 0.522 bits per heavy atom. The van der Waals surface area contributed by atoms with Gasteiger partial charge in [0.25, 0.3) is 0 Å². The van der Waals surface area contributed by atoms with E-state index in [0.29, 0.717) is 0 Å². The second-order valence-electron chi connectivity index (χ2n) is 11.5. The van der Waals surface area contributed by atoms with Crippen LogP contribution < -0.4 is 9.88 Å². The van der Waals surface area contributed by atoms with Crippen LogP contribution in [-0.2, 0) is 4.75 Å². The smallest absolute Gasteiger partial charge is 0.130 e. The highest BCUT2D eigenvalue weighted by atomic mass is 32.2. The highest BCUT2D eigenvalue weighted by Crippen LogP contribution is 2.67. The van der Waals surface area contributed by atoms with Crippen molar-refractivity contribution in [3.63, 3.8) is 0 Å². The summed E-state index contributed by atoms with van der Waals surface area (Å²) in [6.45, 7) is 4.56. The fourth-order valence-electron chi connectivity index (χ4n) is 6.49. The molecule has 0 fully saturated rings. The summed E-state index contributed by atoms with van der Waals surface area (Å²) in [5, 5.41) is 4.92. The zero-order chi connectivity index (χ0) is 30.9. The SMILES string of the molecule is Cc1sc(-c2ccccc2)nc1[C@@]12SC(c3ccccc3)=NC1=c1nc(-c3ccccc3)sc1=C1N=C(c3ccccc3)S[C@]12C. The average molecular weight is 667 g/mol. The van der Waals surface area contributed by atoms with Crippen LogP contribution in [0.15, 0.2) is 131 Å². The second kappa shape index (κ2) is 10.7. The molecule has 4 heterocycles. The van der Waals surface area contributed by atoms with Crippen molar-refractivity contribution in [2.24, 2.45) is 9.98 Å². The third-order valence-electron chi connectivity index (χ3n) is 8.71. The van der Waals surface area contributed by atoms with Crippen molar-refractivity contribution in [3.8, 4) is 21.1 Å². The molecular formula is C38H26N4S4. The van der Waals surface area contributed by atoms with Gasteiger partial charge in [0, 0.05) is 27.1 Å². The van der Waals surface area contributed by atoms with Crippen LogP contribution in [0.3, 0.4) is 0 Å². The Morgan fingerprint density at radius 2 is 1.00 bits per heavy atom. The standard InChI is InChI=1S/C38H26N4S4/c1-23-30(40-34(43-23)25-17-9-4-10-18-25)38-31(41-36(46-38)27-21-13-6-14-22-27)28-29(44-33(39-28)24-15-7-3-8-16-24)32-37(38,2)45-35(42-32)26-19-11-5-12-20-26/h3-22H,1-2H3/t37-,38-/m1/s1. The molecule has 0 bridgehead atoms. The van der Waals surface area contributed by atoms with Crippen LogP contribution in [0.4, 0.5) is 0 Å². The second-order valence-corrected chi connectivity index (χ2v) is 16.3. The van der Waals surface area contributed by atoms with Gasteiger partial charge in [0.05, 0.1) is 26.4 Å². The highest BCUT2D eigenvalue weighted by Gasteiger charge is 2.65. The van der Waals surface area contributed by atoms with Crippen molar-refractivity contribution in [1.82, 2.24) is 9.97 Å². The van der Waals surface area contributed by atoms with Gasteiger partial charge in [-0.3, -0.25) is 0 Å². The zero-order valence-electron chi connectivity index (χ0n) is 25.0. The molecule has 0 N–H and O–H groups in total. The predicted molar refractivity (Wildman–Crippen MR) is 197 cm³/mol. The molecule has 0 saturated carbocycles. The molecule has 0 saturated heterocycles. The van der Waals surface area contributed by atoms with Gasteiger partial charge in [-0.25, -0.2) is 20.0 Å². The molecule has 2 aromatic heterocycles. The maximum atomic E-state index is 5.53. The number of hydrogen-bond donors (Lipinski definition) is 0. The van der Waals surface area contributed by atoms with E-state index in [0.717, 1.165) is 69.3 Å². The fourth-order valence-corrected chi connectivity index (χ4v) is 11.9. The summed E-state index contributed by atoms with van der Waals surface area (Å²) in [7, 11) is 0. The molecule has 4 nitrogen and oxygen atoms in total. The van der Waals surface area contributed by atoms with E-state index in [4.69, 9.17) is 20.0 Å². The number of thioether (sulfide) groups is 2. The Balaban J connectivity index is 1.38. The summed E-state index contributed by atoms with van der Waals surface area (Å²) in [5.74, 6) is 0. The molecule has 2 atom stereocenters. The minimum absolute atomic E-state index is 0.515. The Morgan fingerprint density at radius 3 is 1.57 bits per heavy atom. The van der Waals surface area contributed by atoms with Crippen molar-refractivity contribution in [2.75, 3.05) is 0 Å². The van der Waals surface area contributed by atoms with Crippen molar-refractivity contribution in [1.29, 1.82) is 0 Å². The van der Waals surface area contributed by atoms with Crippen molar-refractivity contribution in [2.45, 2.75) is 23.3 Å². The summed E-state index contributed by atoms with van der Waals surface area (Å²) in [4.78, 5) is 23.1. The van der Waals surface area contributed by atoms with E-state index in [9.17, 15) is 0 Å². The number of thiazole rings is 2. The van der Waals surface area contributed by atoms with Gasteiger partial charge < -0.3 is 0 Å². The molecule has 4 aromatic carbocycles. The van der Waals surface area contributed by atoms with Gasteiger partial charge in [-0.2, -0.15) is 0 Å². The number of aromatic nitrogens is 2. The molecule has 9 rings (SSSR count). The van der Waals surface area contributed by atoms with E-state index in [1.54, 1.807) is 22.7 Å². The third-order valence-corrected chi connectivity index (χ3v) is 14.0. The molecule has 1 aliphatic carbocycles. The van der Waals surface area contributed by atoms with E-state index < -0.39 is 9.49 Å². The Hall–Kier alpha value is -4.08. The van der Waals surface area contributed by atoms with Crippen LogP contribution >= 0.6 is 46.2 Å². The van der Waals surface area contributed by atoms with E-state index in [-0.39, 0.29) is 0 Å². The van der Waals surface area contributed by atoms with Gasteiger partial charge in [-0.15, -0.1) is 22.7 Å². The number of aliphatic imine (C=N–C) groups is 2. The Bertz CT molecular complexity index is 2330. The molecule has 0 radical (unpaired) electrons. The predicted octanol–water partition coefficient (Wildman–Crippen LogP) is 8.51. The first-order chi connectivity index (χ1) is 22.5. The monoisotopic (exact) mass is 666 g/mol. The van der Waals surface area contributed by atoms with Crippen LogP contribution in [0.5, 0.6) is 0 Å². The molecule has 0 amide bonds. The summed E-state index contributed by atoms with van der Waals surface area (Å²) in [6.07, 6.45) is 0. The average Bonchev–Trinajstić information content (AvgIpc) is 3.90. The Kier molecular flexibility index (Phi) is 6.58. The van der Waals surface area contributed by atoms with Crippen molar-refractivity contribution in [3.05, 3.63) is 153 Å². The lowest BCUT2D eigenvalue weighted by molar-refractivity contribution is 0.638. The first kappa shape index (κ1) is 28.2. The van der Waals surface area contributed by atoms with Crippen LogP contribution in [0, 0.1) is 6.92 Å². The number of aryl methyl sites for hydroxylation is 1. The summed E-state index contributed by atoms with van der Waals surface area (Å²) in [6, 6.07) is 42.0. The van der Waals surface area contributed by atoms with Gasteiger partial charge in [-0.05, 0) is 13.8 Å². The normalized spacial score (nSPS) is 21.4. The molecule has 46 heavy (non-hydrogen) atoms. The molecule has 222 valence electrons. The number of fused-ring (bicyclic) bond motifs is 4. The minimum atomic E-state index is -0.666. The summed E-state index contributed by atoms with van der Waals surface area (Å²) < 4.78 is -0.0838. The summed E-state index contributed by atoms with van der Waals surface area (Å²) >= 11 is 7.13. The highest BCUT2D eigenvalue weighted by molar-refractivity contribution is 8.20. The van der Waals surface area contributed by atoms with E-state index in [1.807, 2.05) is 29.6 Å². The molecule has 8 heteroatoms. The van der Waals surface area contributed by atoms with Gasteiger partial charge >= 0.3 is 0 Å². The lowest BCUT2D eigenvalue weighted by Gasteiger charge is -2.43. The topological polar surface area (TPSA) is 50.5 Å². The quantitative estimate of drug-likeness (QED) is 0.185. The molecule has 3 aliphatic rings. The molecular weight excluding hydrogens is 641 g/mol. The van der Waals surface area contributed by atoms with Gasteiger partial charge in [0.15, 0.2) is 0 Å². The number of rotatable bonds is 5. The first-order valence-corrected chi connectivity index (χ1v) is 18.3. The van der Waals surface area contributed by atoms with Crippen molar-refractivity contribution >= 4 is 67.7 Å². The van der Waals surface area contributed by atoms with Crippen LogP contribution in [0.1, 0.15) is 28.6 Å². The maximum Gasteiger partial charge on any atom is 0.130 e. The van der Waals surface area contributed by atoms with E-state index in [2.05, 4.69) is 129 Å². The lowest BCUT2D eigenvalue weighted by Crippen LogP contribution is -2.53. The van der Waals surface area contributed by atoms with Gasteiger partial charge in [-0.1, -0.05) is 145 Å². The lowest BCUT2D eigenvalue weighted by atomic mass is 9.80. The number of benzene rings is 4. The van der Waals surface area contributed by atoms with Crippen LogP contribution in [0.2, 0.25) is 0 Å². The van der Waals surface area contributed by atoms with Gasteiger partial charge in [0.2, 0.25) is 0 Å². The van der Waals surface area contributed by atoms with E-state index in [1.165, 1.54) is 4.88 Å². The number of nitrogens with zero attached hydrogens (tertiary/aromatic N) is 4. The Labute approximate surface area is 283 Å². The number of hydrogen-bond acceptors (Lipinski definition) is 8. The van der Waals surface area contributed by atoms with Gasteiger partial charge in [0.1, 0.15) is 30.2 Å². The van der Waals surface area contributed by atoms with Crippen LogP contribution in [-0.4, -0.2) is 24.8 Å². The minimum Gasteiger partial charge on any atom is -0.243 e. The van der Waals surface area contributed by atoms with E-state index >= 15 is 0 Å². The maximum absolute atomic E-state index is 5.53. The molecule has 6 aromatic rings.